The van der Waals surface area contributed by atoms with Crippen LogP contribution in [0.25, 0.3) is 10.9 Å². The molecule has 2 saturated heterocycles. The summed E-state index contributed by atoms with van der Waals surface area (Å²) in [6, 6.07) is 9.60. The Bertz CT molecular complexity index is 825. The summed E-state index contributed by atoms with van der Waals surface area (Å²) >= 11 is 0. The molecule has 5 nitrogen and oxygen atoms in total. The first-order valence-electron chi connectivity index (χ1n) is 9.00. The van der Waals surface area contributed by atoms with Crippen molar-refractivity contribution < 1.29 is 9.59 Å². The molecule has 0 radical (unpaired) electrons. The summed E-state index contributed by atoms with van der Waals surface area (Å²) in [6.07, 6.45) is 6.16. The second-order valence-corrected chi connectivity index (χ2v) is 7.24. The van der Waals surface area contributed by atoms with Crippen LogP contribution in [0.5, 0.6) is 0 Å². The van der Waals surface area contributed by atoms with Gasteiger partial charge in [0.1, 0.15) is 0 Å². The molecule has 1 atom stereocenters. The molecule has 1 unspecified atom stereocenters. The zero-order valence-electron chi connectivity index (χ0n) is 14.6. The molecule has 2 aromatic rings. The van der Waals surface area contributed by atoms with Gasteiger partial charge in [-0.15, -0.1) is 0 Å². The van der Waals surface area contributed by atoms with E-state index in [9.17, 15) is 9.59 Å². The first-order valence-corrected chi connectivity index (χ1v) is 9.00. The molecule has 130 valence electrons. The van der Waals surface area contributed by atoms with Crippen molar-refractivity contribution in [2.45, 2.75) is 37.6 Å². The van der Waals surface area contributed by atoms with E-state index >= 15 is 0 Å². The number of pyridine rings is 1. The number of hydrogen-bond donors (Lipinski definition) is 0. The Hall–Kier alpha value is -2.43. The van der Waals surface area contributed by atoms with Crippen molar-refractivity contribution in [1.29, 1.82) is 0 Å². The lowest BCUT2D eigenvalue weighted by Crippen LogP contribution is -2.61. The van der Waals surface area contributed by atoms with Gasteiger partial charge in [-0.25, -0.2) is 0 Å². The number of rotatable bonds is 1. The third-order valence-corrected chi connectivity index (χ3v) is 5.82. The standard InChI is InChI=1S/C20H23N3O2/c1-22-17(24)9-3-10-20(22)11-5-13-23(14-20)19(25)16-8-2-6-15-7-4-12-21-18(15)16/h2,4,6-8,12H,3,5,9-11,13-14H2,1H3. The molecule has 25 heavy (non-hydrogen) atoms. The first-order chi connectivity index (χ1) is 12.1. The van der Waals surface area contributed by atoms with Crippen LogP contribution in [0, 0.1) is 0 Å². The largest absolute Gasteiger partial charge is 0.338 e. The average molecular weight is 337 g/mol. The van der Waals surface area contributed by atoms with Crippen LogP contribution in [0.2, 0.25) is 0 Å². The smallest absolute Gasteiger partial charge is 0.256 e. The minimum Gasteiger partial charge on any atom is -0.338 e. The Morgan fingerprint density at radius 2 is 1.96 bits per heavy atom. The molecule has 0 aliphatic carbocycles. The lowest BCUT2D eigenvalue weighted by atomic mass is 9.80. The summed E-state index contributed by atoms with van der Waals surface area (Å²) in [7, 11) is 1.90. The lowest BCUT2D eigenvalue weighted by molar-refractivity contribution is -0.142. The number of piperidine rings is 2. The first kappa shape index (κ1) is 16.1. The number of nitrogens with zero attached hydrogens (tertiary/aromatic N) is 3. The van der Waals surface area contributed by atoms with Crippen LogP contribution in [0.15, 0.2) is 36.5 Å². The molecule has 2 aliphatic rings. The number of fused-ring (bicyclic) bond motifs is 1. The van der Waals surface area contributed by atoms with E-state index in [2.05, 4.69) is 4.98 Å². The summed E-state index contributed by atoms with van der Waals surface area (Å²) in [4.78, 5) is 33.6. The maximum atomic E-state index is 13.2. The highest BCUT2D eigenvalue weighted by molar-refractivity contribution is 6.05. The van der Waals surface area contributed by atoms with Gasteiger partial charge in [0.25, 0.3) is 5.91 Å². The summed E-state index contributed by atoms with van der Waals surface area (Å²) < 4.78 is 0. The lowest BCUT2D eigenvalue weighted by Gasteiger charge is -2.50. The number of likely N-dealkylation sites (tertiary alicyclic amines) is 2. The number of benzene rings is 1. The molecule has 0 saturated carbocycles. The Kier molecular flexibility index (Phi) is 3.94. The molecule has 5 heteroatoms. The van der Waals surface area contributed by atoms with Crippen molar-refractivity contribution in [1.82, 2.24) is 14.8 Å². The van der Waals surface area contributed by atoms with Crippen LogP contribution in [0.3, 0.4) is 0 Å². The molecular formula is C20H23N3O2. The maximum absolute atomic E-state index is 13.2. The van der Waals surface area contributed by atoms with Crippen molar-refractivity contribution in [3.05, 3.63) is 42.1 Å². The summed E-state index contributed by atoms with van der Waals surface area (Å²) in [5.41, 5.74) is 1.21. The van der Waals surface area contributed by atoms with E-state index in [1.54, 1.807) is 6.20 Å². The second-order valence-electron chi connectivity index (χ2n) is 7.24. The number of para-hydroxylation sites is 1. The van der Waals surface area contributed by atoms with E-state index in [4.69, 9.17) is 0 Å². The molecule has 4 rings (SSSR count). The molecule has 3 heterocycles. The van der Waals surface area contributed by atoms with Gasteiger partial charge >= 0.3 is 0 Å². The van der Waals surface area contributed by atoms with Crippen LogP contribution >= 0.6 is 0 Å². The fraction of sp³-hybridized carbons (Fsp3) is 0.450. The van der Waals surface area contributed by atoms with Crippen molar-refractivity contribution in [2.24, 2.45) is 0 Å². The zero-order valence-corrected chi connectivity index (χ0v) is 14.6. The van der Waals surface area contributed by atoms with Gasteiger partial charge in [-0.2, -0.15) is 0 Å². The Balaban J connectivity index is 1.65. The maximum Gasteiger partial charge on any atom is 0.256 e. The molecule has 1 aromatic heterocycles. The van der Waals surface area contributed by atoms with Crippen LogP contribution in [-0.2, 0) is 4.79 Å². The highest BCUT2D eigenvalue weighted by Crippen LogP contribution is 2.36. The van der Waals surface area contributed by atoms with Crippen LogP contribution in [-0.4, -0.2) is 52.3 Å². The quantitative estimate of drug-likeness (QED) is 0.804. The molecule has 1 aromatic carbocycles. The van der Waals surface area contributed by atoms with Gasteiger partial charge in [-0.1, -0.05) is 18.2 Å². The van der Waals surface area contributed by atoms with E-state index in [1.165, 1.54) is 0 Å². The zero-order chi connectivity index (χ0) is 17.4. The highest BCUT2D eigenvalue weighted by Gasteiger charge is 2.44. The number of likely N-dealkylation sites (N-methyl/N-ethyl adjacent to an activating group) is 1. The molecule has 1 spiro atoms. The van der Waals surface area contributed by atoms with E-state index < -0.39 is 0 Å². The predicted octanol–water partition coefficient (Wildman–Crippen LogP) is 2.85. The summed E-state index contributed by atoms with van der Waals surface area (Å²) in [6.45, 7) is 1.36. The third-order valence-electron chi connectivity index (χ3n) is 5.82. The van der Waals surface area contributed by atoms with Gasteiger partial charge in [-0.05, 0) is 37.8 Å². The Labute approximate surface area is 147 Å². The predicted molar refractivity (Wildman–Crippen MR) is 96.2 cm³/mol. The van der Waals surface area contributed by atoms with Crippen molar-refractivity contribution in [2.75, 3.05) is 20.1 Å². The number of amides is 2. The molecule has 0 bridgehead atoms. The average Bonchev–Trinajstić information content (AvgIpc) is 2.65. The Morgan fingerprint density at radius 1 is 1.16 bits per heavy atom. The van der Waals surface area contributed by atoms with Gasteiger partial charge in [-0.3, -0.25) is 14.6 Å². The van der Waals surface area contributed by atoms with Crippen LogP contribution in [0.1, 0.15) is 42.5 Å². The minimum absolute atomic E-state index is 0.0230. The van der Waals surface area contributed by atoms with E-state index in [0.717, 1.165) is 43.1 Å². The van der Waals surface area contributed by atoms with E-state index in [-0.39, 0.29) is 17.4 Å². The Morgan fingerprint density at radius 3 is 2.84 bits per heavy atom. The molecule has 2 fully saturated rings. The van der Waals surface area contributed by atoms with Crippen LogP contribution in [0.4, 0.5) is 0 Å². The number of aromatic nitrogens is 1. The van der Waals surface area contributed by atoms with Gasteiger partial charge in [0.05, 0.1) is 16.6 Å². The SMILES string of the molecule is CN1C(=O)CCCC12CCCN(C(=O)c1cccc3cccnc13)C2. The van der Waals surface area contributed by atoms with Gasteiger partial charge in [0.15, 0.2) is 0 Å². The summed E-state index contributed by atoms with van der Waals surface area (Å²) in [5, 5.41) is 0.977. The fourth-order valence-electron chi connectivity index (χ4n) is 4.38. The van der Waals surface area contributed by atoms with Gasteiger partial charge in [0.2, 0.25) is 5.91 Å². The third kappa shape index (κ3) is 2.68. The highest BCUT2D eigenvalue weighted by atomic mass is 16.2. The molecule has 2 aliphatic heterocycles. The monoisotopic (exact) mass is 337 g/mol. The van der Waals surface area contributed by atoms with Crippen LogP contribution < -0.4 is 0 Å². The molecule has 0 N–H and O–H groups in total. The topological polar surface area (TPSA) is 53.5 Å². The minimum atomic E-state index is -0.193. The molecule has 2 amide bonds. The van der Waals surface area contributed by atoms with Crippen molar-refractivity contribution in [3.8, 4) is 0 Å². The van der Waals surface area contributed by atoms with Crippen molar-refractivity contribution >= 4 is 22.7 Å². The van der Waals surface area contributed by atoms with Crippen molar-refractivity contribution in [3.63, 3.8) is 0 Å². The van der Waals surface area contributed by atoms with E-state index in [1.807, 2.05) is 47.2 Å². The normalized spacial score (nSPS) is 24.1. The fourth-order valence-corrected chi connectivity index (χ4v) is 4.38. The second kappa shape index (κ2) is 6.14. The summed E-state index contributed by atoms with van der Waals surface area (Å²) in [5.74, 6) is 0.224. The number of hydrogen-bond acceptors (Lipinski definition) is 3. The van der Waals surface area contributed by atoms with E-state index in [0.29, 0.717) is 18.5 Å². The number of carbonyl (C=O) groups is 2. The van der Waals surface area contributed by atoms with Gasteiger partial charge in [0, 0.05) is 38.1 Å². The van der Waals surface area contributed by atoms with Gasteiger partial charge < -0.3 is 9.80 Å². The molecular weight excluding hydrogens is 314 g/mol. The number of carbonyl (C=O) groups excluding carboxylic acids is 2.